The Hall–Kier alpha value is -3.89. The van der Waals surface area contributed by atoms with Gasteiger partial charge in [0.15, 0.2) is 16.6 Å². The molecule has 1 saturated heterocycles. The minimum Gasteiger partial charge on any atom is -0.507 e. The van der Waals surface area contributed by atoms with Crippen molar-refractivity contribution >= 4 is 60.1 Å². The third-order valence-corrected chi connectivity index (χ3v) is 8.83. The number of Topliss-reactive ketones (excluding diaryl/α,β-unsaturated/α-hetero) is 1. The topological polar surface area (TPSA) is 109 Å². The summed E-state index contributed by atoms with van der Waals surface area (Å²) in [5.41, 5.74) is 4.43. The second-order valence-corrected chi connectivity index (χ2v) is 12.0. The zero-order chi connectivity index (χ0) is 28.5. The SMILES string of the molecule is COc1cc(C2/C(=C(\O)c3ccc4c(c3)CC(C)O4)C(=O)C(=O)N2c2nc3c(C)cc(C)cc3s2)cc(Br)c1O. The number of phenolic OH excluding ortho intramolecular Hbond substituents is 1. The quantitative estimate of drug-likeness (QED) is 0.156. The number of hydrogen-bond acceptors (Lipinski definition) is 8. The van der Waals surface area contributed by atoms with Crippen LogP contribution in [-0.4, -0.2) is 40.1 Å². The van der Waals surface area contributed by atoms with Gasteiger partial charge in [0.05, 0.1) is 33.4 Å². The number of phenols is 1. The molecule has 1 aromatic heterocycles. The van der Waals surface area contributed by atoms with Crippen LogP contribution in [0.2, 0.25) is 0 Å². The van der Waals surface area contributed by atoms with E-state index in [1.807, 2.05) is 32.9 Å². The van der Waals surface area contributed by atoms with E-state index in [4.69, 9.17) is 14.5 Å². The van der Waals surface area contributed by atoms with Crippen LogP contribution in [0.25, 0.3) is 16.0 Å². The van der Waals surface area contributed by atoms with Gasteiger partial charge in [0.25, 0.3) is 5.78 Å². The number of carbonyl (C=O) groups is 2. The number of aliphatic hydroxyl groups excluding tert-OH is 1. The van der Waals surface area contributed by atoms with Crippen molar-refractivity contribution in [1.82, 2.24) is 4.98 Å². The summed E-state index contributed by atoms with van der Waals surface area (Å²) in [6.07, 6.45) is 0.673. The van der Waals surface area contributed by atoms with E-state index in [1.165, 1.54) is 23.3 Å². The zero-order valence-corrected chi connectivity index (χ0v) is 24.5. The number of ether oxygens (including phenoxy) is 2. The summed E-state index contributed by atoms with van der Waals surface area (Å²) in [7, 11) is 1.41. The molecule has 4 aromatic rings. The van der Waals surface area contributed by atoms with Crippen LogP contribution in [0.1, 0.15) is 40.8 Å². The number of halogens is 1. The Morgan fingerprint density at radius 2 is 1.95 bits per heavy atom. The number of nitrogens with zero attached hydrogens (tertiary/aromatic N) is 2. The van der Waals surface area contributed by atoms with Crippen molar-refractivity contribution in [3.63, 3.8) is 0 Å². The Morgan fingerprint density at radius 1 is 1.18 bits per heavy atom. The van der Waals surface area contributed by atoms with Crippen LogP contribution < -0.4 is 14.4 Å². The molecule has 2 aliphatic rings. The van der Waals surface area contributed by atoms with E-state index in [1.54, 1.807) is 30.3 Å². The molecule has 2 aliphatic heterocycles. The highest BCUT2D eigenvalue weighted by atomic mass is 79.9. The maximum absolute atomic E-state index is 13.7. The van der Waals surface area contributed by atoms with Gasteiger partial charge in [-0.05, 0) is 95.4 Å². The van der Waals surface area contributed by atoms with Crippen LogP contribution in [0.4, 0.5) is 5.13 Å². The first-order valence-corrected chi connectivity index (χ1v) is 14.2. The number of aromatic hydroxyl groups is 1. The molecule has 0 saturated carbocycles. The fourth-order valence-electron chi connectivity index (χ4n) is 5.44. The number of amides is 1. The summed E-state index contributed by atoms with van der Waals surface area (Å²) < 4.78 is 12.3. The van der Waals surface area contributed by atoms with E-state index < -0.39 is 17.7 Å². The molecule has 0 aliphatic carbocycles. The van der Waals surface area contributed by atoms with Crippen molar-refractivity contribution in [3.8, 4) is 17.2 Å². The maximum atomic E-state index is 13.7. The number of thiazole rings is 1. The summed E-state index contributed by atoms with van der Waals surface area (Å²) in [4.78, 5) is 33.4. The molecule has 0 bridgehead atoms. The Kier molecular flexibility index (Phi) is 6.35. The molecule has 6 rings (SSSR count). The Bertz CT molecular complexity index is 1780. The molecule has 40 heavy (non-hydrogen) atoms. The highest BCUT2D eigenvalue weighted by Gasteiger charge is 2.48. The van der Waals surface area contributed by atoms with E-state index >= 15 is 0 Å². The van der Waals surface area contributed by atoms with Gasteiger partial charge < -0.3 is 19.7 Å². The number of benzene rings is 3. The zero-order valence-electron chi connectivity index (χ0n) is 22.1. The van der Waals surface area contributed by atoms with Crippen molar-refractivity contribution in [2.75, 3.05) is 12.0 Å². The molecule has 0 radical (unpaired) electrons. The largest absolute Gasteiger partial charge is 0.507 e. The molecule has 2 atom stereocenters. The third-order valence-electron chi connectivity index (χ3n) is 7.22. The molecule has 3 aromatic carbocycles. The second-order valence-electron chi connectivity index (χ2n) is 10.1. The lowest BCUT2D eigenvalue weighted by Crippen LogP contribution is -2.29. The first kappa shape index (κ1) is 26.3. The van der Waals surface area contributed by atoms with Crippen LogP contribution in [0.15, 0.2) is 52.5 Å². The number of rotatable bonds is 4. The molecule has 2 unspecified atom stereocenters. The molecule has 3 heterocycles. The molecule has 1 fully saturated rings. The van der Waals surface area contributed by atoms with Gasteiger partial charge in [0, 0.05) is 12.0 Å². The number of aryl methyl sites for hydroxylation is 2. The van der Waals surface area contributed by atoms with Gasteiger partial charge in [-0.2, -0.15) is 0 Å². The predicted octanol–water partition coefficient (Wildman–Crippen LogP) is 6.34. The maximum Gasteiger partial charge on any atom is 0.301 e. The summed E-state index contributed by atoms with van der Waals surface area (Å²) in [6, 6.07) is 11.4. The van der Waals surface area contributed by atoms with Crippen molar-refractivity contribution < 1.29 is 29.3 Å². The van der Waals surface area contributed by atoms with Gasteiger partial charge in [-0.25, -0.2) is 4.98 Å². The van der Waals surface area contributed by atoms with E-state index in [9.17, 15) is 19.8 Å². The average Bonchev–Trinajstić information content (AvgIpc) is 3.57. The van der Waals surface area contributed by atoms with E-state index in [-0.39, 0.29) is 28.9 Å². The van der Waals surface area contributed by atoms with Crippen LogP contribution in [-0.2, 0) is 16.0 Å². The van der Waals surface area contributed by atoms with Crippen LogP contribution in [0.5, 0.6) is 17.2 Å². The van der Waals surface area contributed by atoms with Gasteiger partial charge >= 0.3 is 5.91 Å². The van der Waals surface area contributed by atoms with Gasteiger partial charge in [-0.1, -0.05) is 17.4 Å². The van der Waals surface area contributed by atoms with Gasteiger partial charge in [0.2, 0.25) is 0 Å². The lowest BCUT2D eigenvalue weighted by molar-refractivity contribution is -0.132. The van der Waals surface area contributed by atoms with Crippen LogP contribution in [0, 0.1) is 13.8 Å². The number of aliphatic hydroxyl groups is 1. The molecular weight excluding hydrogens is 596 g/mol. The minimum absolute atomic E-state index is 0.00548. The highest BCUT2D eigenvalue weighted by molar-refractivity contribution is 9.10. The van der Waals surface area contributed by atoms with Crippen molar-refractivity contribution in [2.24, 2.45) is 0 Å². The monoisotopic (exact) mass is 620 g/mol. The van der Waals surface area contributed by atoms with E-state index in [0.717, 1.165) is 32.7 Å². The summed E-state index contributed by atoms with van der Waals surface area (Å²) in [5, 5.41) is 22.4. The number of anilines is 1. The molecule has 2 N–H and O–H groups in total. The number of hydrogen-bond donors (Lipinski definition) is 2. The molecule has 1 amide bonds. The summed E-state index contributed by atoms with van der Waals surface area (Å²) in [6.45, 7) is 5.90. The van der Waals surface area contributed by atoms with Crippen LogP contribution in [0.3, 0.4) is 0 Å². The number of aromatic nitrogens is 1. The first-order valence-electron chi connectivity index (χ1n) is 12.6. The van der Waals surface area contributed by atoms with Gasteiger partial charge in [0.1, 0.15) is 17.6 Å². The lowest BCUT2D eigenvalue weighted by Gasteiger charge is -2.24. The summed E-state index contributed by atoms with van der Waals surface area (Å²) in [5.74, 6) is -1.18. The average molecular weight is 622 g/mol. The fraction of sp³-hybridized carbons (Fsp3) is 0.233. The van der Waals surface area contributed by atoms with E-state index in [0.29, 0.717) is 27.2 Å². The Labute approximate surface area is 242 Å². The fourth-order valence-corrected chi connectivity index (χ4v) is 7.07. The molecule has 0 spiro atoms. The lowest BCUT2D eigenvalue weighted by atomic mass is 9.94. The van der Waals surface area contributed by atoms with Crippen molar-refractivity contribution in [2.45, 2.75) is 39.3 Å². The molecule has 204 valence electrons. The predicted molar refractivity (Wildman–Crippen MR) is 156 cm³/mol. The molecule has 10 heteroatoms. The highest BCUT2D eigenvalue weighted by Crippen LogP contribution is 2.48. The van der Waals surface area contributed by atoms with Crippen LogP contribution >= 0.6 is 27.3 Å². The first-order chi connectivity index (χ1) is 19.1. The minimum atomic E-state index is -1.03. The second kappa shape index (κ2) is 9.64. The normalized spacial score (nSPS) is 19.8. The smallest absolute Gasteiger partial charge is 0.301 e. The molecular formula is C30H25BrN2O6S. The van der Waals surface area contributed by atoms with Crippen molar-refractivity contribution in [1.29, 1.82) is 0 Å². The molecule has 8 nitrogen and oxygen atoms in total. The Balaban J connectivity index is 1.58. The number of carbonyl (C=O) groups excluding carboxylic acids is 2. The standard InChI is InChI=1S/C30H25BrN2O6S/c1-13-7-14(2)24-22(8-13)40-30(32-24)33-25(18-11-19(31)27(35)21(12-18)38-4)23(28(36)29(33)37)26(34)16-5-6-20-17(10-16)9-15(3)39-20/h5-8,10-12,15,25,34-35H,9H2,1-4H3/b26-23+. The summed E-state index contributed by atoms with van der Waals surface area (Å²) >= 11 is 4.65. The van der Waals surface area contributed by atoms with Gasteiger partial charge in [-0.15, -0.1) is 0 Å². The number of ketones is 1. The van der Waals surface area contributed by atoms with Crippen molar-refractivity contribution in [3.05, 3.63) is 80.3 Å². The Morgan fingerprint density at radius 3 is 2.70 bits per heavy atom. The number of fused-ring (bicyclic) bond motifs is 2. The van der Waals surface area contributed by atoms with E-state index in [2.05, 4.69) is 15.9 Å². The number of methoxy groups -OCH3 is 1. The van der Waals surface area contributed by atoms with Gasteiger partial charge in [-0.3, -0.25) is 14.5 Å². The third kappa shape index (κ3) is 4.13.